The summed E-state index contributed by atoms with van der Waals surface area (Å²) in [5, 5.41) is 6.32. The van der Waals surface area contributed by atoms with Crippen LogP contribution in [0, 0.1) is 6.92 Å². The zero-order valence-corrected chi connectivity index (χ0v) is 8.44. The molecule has 1 rings (SSSR count). The zero-order valence-electron chi connectivity index (χ0n) is 7.63. The molecule has 0 fully saturated rings. The number of aromatic nitrogens is 2. The quantitative estimate of drug-likeness (QED) is 0.738. The van der Waals surface area contributed by atoms with Gasteiger partial charge in [0.1, 0.15) is 5.82 Å². The van der Waals surface area contributed by atoms with Crippen molar-refractivity contribution in [3.8, 4) is 0 Å². The Kier molecular flexibility index (Phi) is 3.63. The fourth-order valence-corrected chi connectivity index (χ4v) is 1.38. The van der Waals surface area contributed by atoms with Crippen molar-refractivity contribution in [2.75, 3.05) is 18.9 Å². The van der Waals surface area contributed by atoms with E-state index in [1.165, 1.54) is 11.5 Å². The van der Waals surface area contributed by atoms with E-state index in [0.29, 0.717) is 13.0 Å². The van der Waals surface area contributed by atoms with Crippen LogP contribution in [0.5, 0.6) is 0 Å². The van der Waals surface area contributed by atoms with E-state index >= 15 is 0 Å². The first-order valence-electron chi connectivity index (χ1n) is 3.97. The van der Waals surface area contributed by atoms with E-state index in [2.05, 4.69) is 20.0 Å². The van der Waals surface area contributed by atoms with Gasteiger partial charge >= 0.3 is 0 Å². The predicted octanol–water partition coefficient (Wildman–Crippen LogP) is 0.395. The van der Waals surface area contributed by atoms with Crippen molar-refractivity contribution in [1.82, 2.24) is 14.7 Å². The SMILES string of the molecule is CNC(=O)CCNc1nc(C)ns1. The van der Waals surface area contributed by atoms with E-state index in [9.17, 15) is 4.79 Å². The molecule has 0 unspecified atom stereocenters. The summed E-state index contributed by atoms with van der Waals surface area (Å²) >= 11 is 1.30. The van der Waals surface area contributed by atoms with Gasteiger partial charge in [0.25, 0.3) is 0 Å². The fraction of sp³-hybridized carbons (Fsp3) is 0.571. The number of nitrogens with zero attached hydrogens (tertiary/aromatic N) is 2. The molecule has 72 valence electrons. The molecule has 0 saturated carbocycles. The molecule has 0 aromatic carbocycles. The van der Waals surface area contributed by atoms with Crippen molar-refractivity contribution in [2.24, 2.45) is 0 Å². The average molecular weight is 200 g/mol. The molecule has 0 aliphatic rings. The molecule has 5 nitrogen and oxygen atoms in total. The second-order valence-corrected chi connectivity index (χ2v) is 3.25. The van der Waals surface area contributed by atoms with Crippen LogP contribution in [0.25, 0.3) is 0 Å². The standard InChI is InChI=1S/C7H12N4OS/c1-5-10-7(13-11-5)9-4-3-6(12)8-2/h3-4H2,1-2H3,(H,8,12)(H,9,10,11). The van der Waals surface area contributed by atoms with Gasteiger partial charge in [0.2, 0.25) is 11.0 Å². The van der Waals surface area contributed by atoms with E-state index in [-0.39, 0.29) is 5.91 Å². The molecule has 0 saturated heterocycles. The van der Waals surface area contributed by atoms with Crippen LogP contribution in [0.3, 0.4) is 0 Å². The first-order chi connectivity index (χ1) is 6.22. The van der Waals surface area contributed by atoms with Gasteiger partial charge in [-0.2, -0.15) is 4.37 Å². The summed E-state index contributed by atoms with van der Waals surface area (Å²) in [5.41, 5.74) is 0. The second kappa shape index (κ2) is 4.76. The highest BCUT2D eigenvalue weighted by Gasteiger charge is 2.00. The smallest absolute Gasteiger partial charge is 0.221 e. The van der Waals surface area contributed by atoms with Crippen molar-refractivity contribution >= 4 is 22.6 Å². The molecular weight excluding hydrogens is 188 g/mol. The lowest BCUT2D eigenvalue weighted by molar-refractivity contribution is -0.120. The lowest BCUT2D eigenvalue weighted by atomic mass is 10.4. The normalized spacial score (nSPS) is 9.69. The maximum atomic E-state index is 10.8. The fourth-order valence-electron chi connectivity index (χ4n) is 0.777. The van der Waals surface area contributed by atoms with Crippen LogP contribution in [-0.4, -0.2) is 28.9 Å². The van der Waals surface area contributed by atoms with E-state index in [1.54, 1.807) is 7.05 Å². The van der Waals surface area contributed by atoms with Gasteiger partial charge in [-0.1, -0.05) is 0 Å². The van der Waals surface area contributed by atoms with Gasteiger partial charge < -0.3 is 10.6 Å². The first-order valence-corrected chi connectivity index (χ1v) is 4.74. The van der Waals surface area contributed by atoms with Gasteiger partial charge in [-0.3, -0.25) is 4.79 Å². The molecule has 0 atom stereocenters. The molecule has 1 aromatic rings. The predicted molar refractivity (Wildman–Crippen MR) is 51.8 cm³/mol. The van der Waals surface area contributed by atoms with Crippen LogP contribution in [0.15, 0.2) is 0 Å². The molecule has 1 aromatic heterocycles. The van der Waals surface area contributed by atoms with Gasteiger partial charge in [-0.15, -0.1) is 0 Å². The van der Waals surface area contributed by atoms with Crippen LogP contribution >= 0.6 is 11.5 Å². The summed E-state index contributed by atoms with van der Waals surface area (Å²) in [6.45, 7) is 2.43. The number of carbonyl (C=O) groups is 1. The number of nitrogens with one attached hydrogen (secondary N) is 2. The highest BCUT2D eigenvalue weighted by atomic mass is 32.1. The Hall–Kier alpha value is -1.17. The Morgan fingerprint density at radius 2 is 2.38 bits per heavy atom. The largest absolute Gasteiger partial charge is 0.360 e. The molecule has 1 amide bonds. The average Bonchev–Trinajstić information content (AvgIpc) is 2.51. The summed E-state index contributed by atoms with van der Waals surface area (Å²) < 4.78 is 4.00. The van der Waals surface area contributed by atoms with Crippen LogP contribution < -0.4 is 10.6 Å². The summed E-state index contributed by atoms with van der Waals surface area (Å²) in [4.78, 5) is 14.9. The number of carbonyl (C=O) groups excluding carboxylic acids is 1. The molecule has 6 heteroatoms. The van der Waals surface area contributed by atoms with Crippen molar-refractivity contribution < 1.29 is 4.79 Å². The molecule has 0 spiro atoms. The lowest BCUT2D eigenvalue weighted by Crippen LogP contribution is -2.20. The van der Waals surface area contributed by atoms with E-state index in [1.807, 2.05) is 6.92 Å². The number of amides is 1. The third-order valence-electron chi connectivity index (χ3n) is 1.43. The summed E-state index contributed by atoms with van der Waals surface area (Å²) in [6.07, 6.45) is 0.453. The summed E-state index contributed by atoms with van der Waals surface area (Å²) in [7, 11) is 1.62. The second-order valence-electron chi connectivity index (χ2n) is 2.50. The zero-order chi connectivity index (χ0) is 9.68. The molecule has 2 N–H and O–H groups in total. The Morgan fingerprint density at radius 3 is 2.92 bits per heavy atom. The summed E-state index contributed by atoms with van der Waals surface area (Å²) in [6, 6.07) is 0. The first kappa shape index (κ1) is 9.91. The van der Waals surface area contributed by atoms with Crippen molar-refractivity contribution in [1.29, 1.82) is 0 Å². The molecular formula is C7H12N4OS. The minimum atomic E-state index is 0.0220. The Morgan fingerprint density at radius 1 is 1.62 bits per heavy atom. The van der Waals surface area contributed by atoms with Crippen molar-refractivity contribution in [3.63, 3.8) is 0 Å². The minimum absolute atomic E-state index is 0.0220. The third kappa shape index (κ3) is 3.37. The van der Waals surface area contributed by atoms with Gasteiger partial charge in [-0.25, -0.2) is 4.98 Å². The lowest BCUT2D eigenvalue weighted by Gasteiger charge is -2.00. The highest BCUT2D eigenvalue weighted by Crippen LogP contribution is 2.09. The number of aryl methyl sites for hydroxylation is 1. The maximum Gasteiger partial charge on any atom is 0.221 e. The number of rotatable bonds is 4. The maximum absolute atomic E-state index is 10.8. The molecule has 13 heavy (non-hydrogen) atoms. The molecule has 0 aliphatic heterocycles. The monoisotopic (exact) mass is 200 g/mol. The van der Waals surface area contributed by atoms with Crippen LogP contribution in [0.2, 0.25) is 0 Å². The van der Waals surface area contributed by atoms with E-state index < -0.39 is 0 Å². The topological polar surface area (TPSA) is 66.9 Å². The highest BCUT2D eigenvalue weighted by molar-refractivity contribution is 7.09. The van der Waals surface area contributed by atoms with Gasteiger partial charge in [-0.05, 0) is 6.92 Å². The Balaban J connectivity index is 2.24. The third-order valence-corrected chi connectivity index (χ3v) is 2.20. The minimum Gasteiger partial charge on any atom is -0.360 e. The van der Waals surface area contributed by atoms with Crippen molar-refractivity contribution in [3.05, 3.63) is 5.82 Å². The summed E-state index contributed by atoms with van der Waals surface area (Å²) in [5.74, 6) is 0.779. The number of hydrogen-bond donors (Lipinski definition) is 2. The Labute approximate surface area is 80.7 Å². The van der Waals surface area contributed by atoms with Crippen LogP contribution in [0.4, 0.5) is 5.13 Å². The van der Waals surface area contributed by atoms with Gasteiger partial charge in [0.15, 0.2) is 0 Å². The van der Waals surface area contributed by atoms with Gasteiger partial charge in [0.05, 0.1) is 0 Å². The van der Waals surface area contributed by atoms with Crippen molar-refractivity contribution in [2.45, 2.75) is 13.3 Å². The van der Waals surface area contributed by atoms with Gasteiger partial charge in [0, 0.05) is 31.5 Å². The van der Waals surface area contributed by atoms with Crippen LogP contribution in [0.1, 0.15) is 12.2 Å². The number of hydrogen-bond acceptors (Lipinski definition) is 5. The van der Waals surface area contributed by atoms with E-state index in [4.69, 9.17) is 0 Å². The Bertz CT molecular complexity index is 286. The molecule has 1 heterocycles. The molecule has 0 bridgehead atoms. The number of anilines is 1. The van der Waals surface area contributed by atoms with Crippen LogP contribution in [-0.2, 0) is 4.79 Å². The molecule has 0 aliphatic carbocycles. The van der Waals surface area contributed by atoms with E-state index in [0.717, 1.165) is 11.0 Å². The molecule has 0 radical (unpaired) electrons.